The molecule has 1 heterocycles. The molecular formula is C20H17F3N2O3. The normalized spacial score (nSPS) is 11.4. The molecule has 0 fully saturated rings. The Hall–Kier alpha value is -3.29. The molecule has 2 aromatic carbocycles. The first-order chi connectivity index (χ1) is 13.3. The van der Waals surface area contributed by atoms with Crippen LogP contribution in [0.2, 0.25) is 0 Å². The van der Waals surface area contributed by atoms with Crippen molar-refractivity contribution >= 4 is 22.5 Å². The highest BCUT2D eigenvalue weighted by Gasteiger charge is 2.31. The number of hydrogen-bond donors (Lipinski definition) is 1. The molecular weight excluding hydrogens is 373 g/mol. The van der Waals surface area contributed by atoms with Crippen LogP contribution >= 0.6 is 0 Å². The Morgan fingerprint density at radius 1 is 1.04 bits per heavy atom. The number of nitrogens with zero attached hydrogens (tertiary/aromatic N) is 1. The Kier molecular flexibility index (Phi) is 5.13. The van der Waals surface area contributed by atoms with E-state index in [9.17, 15) is 18.0 Å². The highest BCUT2D eigenvalue weighted by atomic mass is 19.4. The van der Waals surface area contributed by atoms with Gasteiger partial charge in [-0.1, -0.05) is 0 Å². The Bertz CT molecular complexity index is 1050. The number of anilines is 1. The molecule has 3 rings (SSSR count). The molecule has 0 aliphatic rings. The zero-order valence-corrected chi connectivity index (χ0v) is 15.3. The van der Waals surface area contributed by atoms with Crippen LogP contribution in [0.25, 0.3) is 22.0 Å². The van der Waals surface area contributed by atoms with Crippen LogP contribution in [0.5, 0.6) is 11.5 Å². The molecule has 0 saturated carbocycles. The molecule has 0 unspecified atom stereocenters. The first-order valence-electron chi connectivity index (χ1n) is 8.25. The summed E-state index contributed by atoms with van der Waals surface area (Å²) < 4.78 is 50.3. The van der Waals surface area contributed by atoms with Gasteiger partial charge in [-0.25, -0.2) is 0 Å². The molecule has 0 spiro atoms. The van der Waals surface area contributed by atoms with Crippen molar-refractivity contribution in [1.82, 2.24) is 4.98 Å². The lowest BCUT2D eigenvalue weighted by Gasteiger charge is -2.16. The van der Waals surface area contributed by atoms with Gasteiger partial charge < -0.3 is 14.8 Å². The highest BCUT2D eigenvalue weighted by Crippen LogP contribution is 2.42. The number of rotatable bonds is 4. The van der Waals surface area contributed by atoms with Gasteiger partial charge >= 0.3 is 6.18 Å². The molecule has 0 radical (unpaired) electrons. The number of benzene rings is 2. The van der Waals surface area contributed by atoms with E-state index >= 15 is 0 Å². The number of alkyl halides is 3. The van der Waals surface area contributed by atoms with Gasteiger partial charge in [0.1, 0.15) is 11.3 Å². The second-order valence-electron chi connectivity index (χ2n) is 6.00. The first kappa shape index (κ1) is 19.5. The smallest absolute Gasteiger partial charge is 0.416 e. The second kappa shape index (κ2) is 7.38. The van der Waals surface area contributed by atoms with Gasteiger partial charge in [0, 0.05) is 24.1 Å². The number of methoxy groups -OCH3 is 2. The fraction of sp³-hybridized carbons (Fsp3) is 0.200. The van der Waals surface area contributed by atoms with Crippen LogP contribution in [0.3, 0.4) is 0 Å². The molecule has 8 heteroatoms. The van der Waals surface area contributed by atoms with Crippen LogP contribution < -0.4 is 14.8 Å². The van der Waals surface area contributed by atoms with Gasteiger partial charge in [-0.3, -0.25) is 9.78 Å². The van der Waals surface area contributed by atoms with Crippen molar-refractivity contribution in [2.75, 3.05) is 19.5 Å². The Morgan fingerprint density at radius 2 is 1.79 bits per heavy atom. The second-order valence-corrected chi connectivity index (χ2v) is 6.00. The minimum atomic E-state index is -4.49. The van der Waals surface area contributed by atoms with Crippen molar-refractivity contribution in [3.05, 3.63) is 48.2 Å². The van der Waals surface area contributed by atoms with Gasteiger partial charge in [0.25, 0.3) is 0 Å². The average molecular weight is 390 g/mol. The minimum Gasteiger partial charge on any atom is -0.496 e. The molecule has 146 valence electrons. The summed E-state index contributed by atoms with van der Waals surface area (Å²) in [6, 6.07) is 8.20. The van der Waals surface area contributed by atoms with Crippen LogP contribution in [0.4, 0.5) is 18.9 Å². The predicted octanol–water partition coefficient (Wildman–Crippen LogP) is 4.90. The summed E-state index contributed by atoms with van der Waals surface area (Å²) in [6.45, 7) is 1.36. The summed E-state index contributed by atoms with van der Waals surface area (Å²) in [5, 5.41) is 3.21. The summed E-state index contributed by atoms with van der Waals surface area (Å²) in [5.41, 5.74) is 0.823. The van der Waals surface area contributed by atoms with Crippen LogP contribution in [0.1, 0.15) is 12.5 Å². The number of aromatic nitrogens is 1. The molecule has 1 N–H and O–H groups in total. The largest absolute Gasteiger partial charge is 0.496 e. The maximum Gasteiger partial charge on any atom is 0.416 e. The number of amides is 1. The lowest BCUT2D eigenvalue weighted by Crippen LogP contribution is -2.07. The predicted molar refractivity (Wildman–Crippen MR) is 99.6 cm³/mol. The third-order valence-electron chi connectivity index (χ3n) is 4.20. The maximum atomic E-state index is 13.2. The highest BCUT2D eigenvalue weighted by molar-refractivity contribution is 6.03. The maximum absolute atomic E-state index is 13.2. The summed E-state index contributed by atoms with van der Waals surface area (Å²) in [5.74, 6) is 0.333. The molecule has 1 amide bonds. The van der Waals surface area contributed by atoms with Crippen LogP contribution in [-0.2, 0) is 11.0 Å². The van der Waals surface area contributed by atoms with Crippen LogP contribution in [-0.4, -0.2) is 25.1 Å². The van der Waals surface area contributed by atoms with E-state index in [0.29, 0.717) is 33.7 Å². The standard InChI is InChI=1S/C20H17F3N2O3/c1-11(26)25-16-6-5-14-13(8-9-24-18(14)19(16)28-3)15-10-12(20(21,22)23)4-7-17(15)27-2/h4-10H,1-3H3,(H,25,26). The van der Waals surface area contributed by atoms with Gasteiger partial charge in [0.15, 0.2) is 5.75 Å². The summed E-state index contributed by atoms with van der Waals surface area (Å²) in [6.07, 6.45) is -3.02. The third-order valence-corrected chi connectivity index (χ3v) is 4.20. The summed E-state index contributed by atoms with van der Waals surface area (Å²) in [4.78, 5) is 15.7. The third kappa shape index (κ3) is 3.58. The average Bonchev–Trinajstić information content (AvgIpc) is 2.65. The monoisotopic (exact) mass is 390 g/mol. The quantitative estimate of drug-likeness (QED) is 0.689. The molecule has 5 nitrogen and oxygen atoms in total. The lowest BCUT2D eigenvalue weighted by molar-refractivity contribution is -0.137. The van der Waals surface area contributed by atoms with Crippen LogP contribution in [0, 0.1) is 0 Å². The number of carbonyl (C=O) groups excluding carboxylic acids is 1. The van der Waals surface area contributed by atoms with Crippen LogP contribution in [0.15, 0.2) is 42.6 Å². The van der Waals surface area contributed by atoms with Crippen molar-refractivity contribution in [3.8, 4) is 22.6 Å². The number of nitrogens with one attached hydrogen (secondary N) is 1. The fourth-order valence-electron chi connectivity index (χ4n) is 3.02. The minimum absolute atomic E-state index is 0.277. The summed E-state index contributed by atoms with van der Waals surface area (Å²) >= 11 is 0. The molecule has 0 atom stereocenters. The van der Waals surface area contributed by atoms with E-state index in [1.165, 1.54) is 33.4 Å². The molecule has 0 aliphatic heterocycles. The van der Waals surface area contributed by atoms with E-state index in [4.69, 9.17) is 9.47 Å². The van der Waals surface area contributed by atoms with Crippen molar-refractivity contribution in [3.63, 3.8) is 0 Å². The molecule has 3 aromatic rings. The van der Waals surface area contributed by atoms with E-state index in [1.807, 2.05) is 0 Å². The van der Waals surface area contributed by atoms with E-state index in [0.717, 1.165) is 12.1 Å². The lowest BCUT2D eigenvalue weighted by atomic mass is 9.97. The van der Waals surface area contributed by atoms with Gasteiger partial charge in [-0.2, -0.15) is 13.2 Å². The molecule has 1 aromatic heterocycles. The van der Waals surface area contributed by atoms with E-state index < -0.39 is 11.7 Å². The molecule has 0 aliphatic carbocycles. The Balaban J connectivity index is 2.29. The molecule has 0 saturated heterocycles. The van der Waals surface area contributed by atoms with E-state index in [-0.39, 0.29) is 11.5 Å². The number of halogens is 3. The SMILES string of the molecule is COc1ccc(C(F)(F)F)cc1-c1ccnc2c(OC)c(NC(C)=O)ccc12. The Morgan fingerprint density at radius 3 is 2.39 bits per heavy atom. The zero-order valence-electron chi connectivity index (χ0n) is 15.3. The summed E-state index contributed by atoms with van der Waals surface area (Å²) in [7, 11) is 2.82. The first-order valence-corrected chi connectivity index (χ1v) is 8.25. The zero-order chi connectivity index (χ0) is 20.5. The van der Waals surface area contributed by atoms with Crippen molar-refractivity contribution in [2.24, 2.45) is 0 Å². The van der Waals surface area contributed by atoms with E-state index in [2.05, 4.69) is 10.3 Å². The number of hydrogen-bond acceptors (Lipinski definition) is 4. The topological polar surface area (TPSA) is 60.5 Å². The van der Waals surface area contributed by atoms with Gasteiger partial charge in [-0.05, 0) is 42.0 Å². The number of fused-ring (bicyclic) bond motifs is 1. The number of carbonyl (C=O) groups is 1. The van der Waals surface area contributed by atoms with Gasteiger partial charge in [-0.15, -0.1) is 0 Å². The fourth-order valence-corrected chi connectivity index (χ4v) is 3.02. The van der Waals surface area contributed by atoms with Crippen molar-refractivity contribution in [1.29, 1.82) is 0 Å². The van der Waals surface area contributed by atoms with Crippen molar-refractivity contribution < 1.29 is 27.4 Å². The van der Waals surface area contributed by atoms with Gasteiger partial charge in [0.05, 0.1) is 25.5 Å². The number of ether oxygens (including phenoxy) is 2. The van der Waals surface area contributed by atoms with E-state index in [1.54, 1.807) is 18.2 Å². The van der Waals surface area contributed by atoms with Crippen molar-refractivity contribution in [2.45, 2.75) is 13.1 Å². The Labute approximate surface area is 159 Å². The molecule has 0 bridgehead atoms. The number of pyridine rings is 1. The molecule has 28 heavy (non-hydrogen) atoms. The van der Waals surface area contributed by atoms with Gasteiger partial charge in [0.2, 0.25) is 5.91 Å².